The van der Waals surface area contributed by atoms with Crippen molar-refractivity contribution in [1.82, 2.24) is 0 Å². The molecule has 13 N–H and O–H groups in total. The molecule has 184 valence electrons. The second-order valence-corrected chi connectivity index (χ2v) is 7.48. The zero-order valence-corrected chi connectivity index (χ0v) is 17.8. The minimum Gasteiger partial charge on any atom is -0.504 e. The van der Waals surface area contributed by atoms with Gasteiger partial charge in [-0.25, -0.2) is 4.57 Å². The molecule has 0 saturated carbocycles. The van der Waals surface area contributed by atoms with Crippen molar-refractivity contribution in [2.45, 2.75) is 24.9 Å². The number of benzene rings is 2. The summed E-state index contributed by atoms with van der Waals surface area (Å²) < 4.78 is 8.88. The highest BCUT2D eigenvalue weighted by atomic mass is 31.2. The molecule has 0 saturated heterocycles. The Morgan fingerprint density at radius 3 is 1.18 bits per heavy atom. The summed E-state index contributed by atoms with van der Waals surface area (Å²) >= 11 is 0. The van der Waals surface area contributed by atoms with Gasteiger partial charge in [0.1, 0.15) is 12.1 Å². The molecule has 0 aromatic heterocycles. The predicted molar refractivity (Wildman–Crippen MR) is 112 cm³/mol. The van der Waals surface area contributed by atoms with Crippen molar-refractivity contribution in [2.75, 3.05) is 0 Å². The number of aromatic hydroxyl groups is 4. The van der Waals surface area contributed by atoms with Gasteiger partial charge >= 0.3 is 19.8 Å². The van der Waals surface area contributed by atoms with E-state index in [1.165, 1.54) is 36.4 Å². The minimum absolute atomic E-state index is 0.114. The van der Waals surface area contributed by atoms with Gasteiger partial charge in [-0.2, -0.15) is 0 Å². The van der Waals surface area contributed by atoms with Crippen LogP contribution in [0.5, 0.6) is 23.0 Å². The van der Waals surface area contributed by atoms with Crippen molar-refractivity contribution in [2.24, 2.45) is 11.5 Å². The van der Waals surface area contributed by atoms with Gasteiger partial charge in [0.15, 0.2) is 23.0 Å². The molecule has 0 aliphatic heterocycles. The number of phenols is 4. The lowest BCUT2D eigenvalue weighted by atomic mass is 10.1. The number of aliphatic carboxylic acids is 2. The zero-order valence-electron chi connectivity index (χ0n) is 16.9. The highest BCUT2D eigenvalue weighted by Crippen LogP contribution is 2.26. The highest BCUT2D eigenvalue weighted by Gasteiger charge is 2.13. The second-order valence-electron chi connectivity index (χ2n) is 6.46. The van der Waals surface area contributed by atoms with Gasteiger partial charge in [0.05, 0.1) is 0 Å². The largest absolute Gasteiger partial charge is 0.504 e. The lowest BCUT2D eigenvalue weighted by Crippen LogP contribution is -2.32. The van der Waals surface area contributed by atoms with E-state index < -0.39 is 31.8 Å². The van der Waals surface area contributed by atoms with Gasteiger partial charge in [0.25, 0.3) is 0 Å². The highest BCUT2D eigenvalue weighted by molar-refractivity contribution is 7.45. The Labute approximate surface area is 186 Å². The Kier molecular flexibility index (Phi) is 11.9. The summed E-state index contributed by atoms with van der Waals surface area (Å²) in [5.41, 5.74) is 11.7. The third kappa shape index (κ3) is 13.6. The number of hydrogen-bond acceptors (Lipinski definition) is 9. The van der Waals surface area contributed by atoms with Crippen LogP contribution in [-0.2, 0) is 27.0 Å². The molecule has 0 fully saturated rings. The molecule has 0 bridgehead atoms. The van der Waals surface area contributed by atoms with Gasteiger partial charge < -0.3 is 56.8 Å². The molecule has 0 amide bonds. The molecular formula is C18H25N2O12P. The number of carbonyl (C=O) groups is 2. The normalized spacial score (nSPS) is 12.3. The molecule has 33 heavy (non-hydrogen) atoms. The first-order valence-electron chi connectivity index (χ1n) is 8.78. The quantitative estimate of drug-likeness (QED) is 0.173. The smallest absolute Gasteiger partial charge is 0.466 e. The van der Waals surface area contributed by atoms with Crippen LogP contribution in [0.15, 0.2) is 36.4 Å². The Balaban J connectivity index is 0.000000517. The molecule has 0 spiro atoms. The maximum Gasteiger partial charge on any atom is 0.466 e. The van der Waals surface area contributed by atoms with Gasteiger partial charge in [0.2, 0.25) is 0 Å². The third-order valence-electron chi connectivity index (χ3n) is 3.63. The number of hydrogen-bond donors (Lipinski definition) is 11. The topological polar surface area (TPSA) is 285 Å². The number of nitrogens with two attached hydrogens (primary N) is 2. The number of carboxylic acids is 2. The SMILES string of the molecule is N[C@@H](Cc1ccc(O)c(O)c1)C(=O)O.N[C@@H](Cc1ccc(O)c(O)c1)C(=O)O.O=P(O)(O)O. The lowest BCUT2D eigenvalue weighted by Gasteiger charge is -2.06. The third-order valence-corrected chi connectivity index (χ3v) is 3.63. The van der Waals surface area contributed by atoms with Crippen LogP contribution in [0.1, 0.15) is 11.1 Å². The molecule has 15 heteroatoms. The number of rotatable bonds is 6. The van der Waals surface area contributed by atoms with Crippen molar-refractivity contribution in [3.63, 3.8) is 0 Å². The molecule has 14 nitrogen and oxygen atoms in total. The molecule has 2 rings (SSSR count). The van der Waals surface area contributed by atoms with E-state index in [2.05, 4.69) is 0 Å². The van der Waals surface area contributed by atoms with E-state index in [-0.39, 0.29) is 35.8 Å². The standard InChI is InChI=1S/2C9H11NO4.H3O4P/c2*10-6(9(13)14)3-5-1-2-7(11)8(12)4-5;1-5(2,3)4/h2*1-2,4,6,11-12H,3,10H2,(H,13,14);(H3,1,2,3,4)/t2*6-;/m00./s1. The zero-order chi connectivity index (χ0) is 25.9. The molecule has 2 atom stereocenters. The maximum atomic E-state index is 10.4. The molecule has 2 aromatic carbocycles. The Morgan fingerprint density at radius 1 is 0.697 bits per heavy atom. The van der Waals surface area contributed by atoms with Gasteiger partial charge in [-0.3, -0.25) is 9.59 Å². The first-order valence-corrected chi connectivity index (χ1v) is 10.3. The Morgan fingerprint density at radius 2 is 0.970 bits per heavy atom. The summed E-state index contributed by atoms with van der Waals surface area (Å²) in [6.07, 6.45) is 0.229. The Bertz CT molecular complexity index is 917. The molecule has 2 aromatic rings. The average Bonchev–Trinajstić information content (AvgIpc) is 2.66. The van der Waals surface area contributed by atoms with E-state index in [0.717, 1.165) is 0 Å². The summed E-state index contributed by atoms with van der Waals surface area (Å²) in [5.74, 6) is -3.23. The second kappa shape index (κ2) is 13.2. The Hall–Kier alpha value is -3.39. The van der Waals surface area contributed by atoms with Gasteiger partial charge in [-0.15, -0.1) is 0 Å². The van der Waals surface area contributed by atoms with E-state index in [1.807, 2.05) is 0 Å². The molecule has 0 aliphatic rings. The van der Waals surface area contributed by atoms with E-state index in [4.69, 9.17) is 61.4 Å². The summed E-state index contributed by atoms with van der Waals surface area (Å²) in [4.78, 5) is 42.4. The molecule has 0 unspecified atom stereocenters. The first kappa shape index (κ1) is 29.6. The van der Waals surface area contributed by atoms with E-state index in [9.17, 15) is 9.59 Å². The predicted octanol–water partition coefficient (Wildman–Crippen LogP) is -0.824. The van der Waals surface area contributed by atoms with Crippen molar-refractivity contribution < 1.29 is 59.5 Å². The fourth-order valence-corrected chi connectivity index (χ4v) is 2.07. The van der Waals surface area contributed by atoms with Crippen LogP contribution in [0, 0.1) is 0 Å². The molecule has 0 heterocycles. The van der Waals surface area contributed by atoms with E-state index in [0.29, 0.717) is 11.1 Å². The summed E-state index contributed by atoms with van der Waals surface area (Å²) in [6.45, 7) is 0. The molecular weight excluding hydrogens is 467 g/mol. The summed E-state index contributed by atoms with van der Waals surface area (Å²) in [6, 6.07) is 6.18. The maximum absolute atomic E-state index is 10.4. The average molecular weight is 492 g/mol. The number of carboxylic acid groups (broad SMARTS) is 2. The van der Waals surface area contributed by atoms with Gasteiger partial charge in [0, 0.05) is 0 Å². The fourth-order valence-electron chi connectivity index (χ4n) is 2.07. The first-order chi connectivity index (χ1) is 15.0. The molecule has 0 radical (unpaired) electrons. The van der Waals surface area contributed by atoms with Crippen LogP contribution in [0.3, 0.4) is 0 Å². The van der Waals surface area contributed by atoms with Crippen LogP contribution < -0.4 is 11.5 Å². The van der Waals surface area contributed by atoms with Gasteiger partial charge in [-0.05, 0) is 48.2 Å². The van der Waals surface area contributed by atoms with Gasteiger partial charge in [-0.1, -0.05) is 12.1 Å². The summed E-state index contributed by atoms with van der Waals surface area (Å²) in [7, 11) is -4.64. The van der Waals surface area contributed by atoms with E-state index >= 15 is 0 Å². The lowest BCUT2D eigenvalue weighted by molar-refractivity contribution is -0.139. The van der Waals surface area contributed by atoms with Crippen LogP contribution in [0.25, 0.3) is 0 Å². The van der Waals surface area contributed by atoms with Crippen molar-refractivity contribution in [1.29, 1.82) is 0 Å². The summed E-state index contributed by atoms with van der Waals surface area (Å²) in [5, 5.41) is 53.3. The van der Waals surface area contributed by atoms with Crippen LogP contribution in [0.4, 0.5) is 0 Å². The fraction of sp³-hybridized carbons (Fsp3) is 0.222. The van der Waals surface area contributed by atoms with Crippen LogP contribution in [0.2, 0.25) is 0 Å². The van der Waals surface area contributed by atoms with Crippen molar-refractivity contribution in [3.05, 3.63) is 47.5 Å². The minimum atomic E-state index is -4.64. The number of phosphoric acid groups is 1. The van der Waals surface area contributed by atoms with Crippen molar-refractivity contribution >= 4 is 19.8 Å². The number of phenolic OH excluding ortho intramolecular Hbond substituents is 4. The van der Waals surface area contributed by atoms with Crippen LogP contribution >= 0.6 is 7.82 Å². The van der Waals surface area contributed by atoms with Crippen LogP contribution in [-0.4, -0.2) is 69.3 Å². The van der Waals surface area contributed by atoms with E-state index in [1.54, 1.807) is 0 Å². The van der Waals surface area contributed by atoms with Crippen molar-refractivity contribution in [3.8, 4) is 23.0 Å². The monoisotopic (exact) mass is 492 g/mol. The molecule has 0 aliphatic carbocycles.